The Bertz CT molecular complexity index is 1390. The van der Waals surface area contributed by atoms with Gasteiger partial charge in [0.05, 0.1) is 30.5 Å². The summed E-state index contributed by atoms with van der Waals surface area (Å²) in [7, 11) is 0. The molecule has 1 amide bonds. The number of nitrogens with zero attached hydrogens (tertiary/aromatic N) is 3. The summed E-state index contributed by atoms with van der Waals surface area (Å²) in [6, 6.07) is 14.2. The molecule has 5 rings (SSSR count). The van der Waals surface area contributed by atoms with Crippen LogP contribution in [0.2, 0.25) is 0 Å². The van der Waals surface area contributed by atoms with E-state index in [1.807, 2.05) is 42.5 Å². The number of fused-ring (bicyclic) bond motifs is 1. The first-order valence-corrected chi connectivity index (χ1v) is 13.8. The fourth-order valence-electron chi connectivity index (χ4n) is 5.70. The minimum Gasteiger partial charge on any atom is -0.379 e. The van der Waals surface area contributed by atoms with E-state index in [-0.39, 0.29) is 43.6 Å². The van der Waals surface area contributed by atoms with Gasteiger partial charge in [-0.2, -0.15) is 26.3 Å². The van der Waals surface area contributed by atoms with Crippen molar-refractivity contribution < 1.29 is 35.9 Å². The van der Waals surface area contributed by atoms with Crippen molar-refractivity contribution >= 4 is 41.5 Å². The smallest absolute Gasteiger partial charge is 0.379 e. The SMILES string of the molecule is Cl.Cl.NC(CN1CCN(C(=O)c2cc(C(F)(F)F)cc(C(F)(F)F)c2)[C@H](Cc2ccc3ccccc3c2)C1)N1CCOCC1. The van der Waals surface area contributed by atoms with Gasteiger partial charge in [-0.3, -0.25) is 14.6 Å². The summed E-state index contributed by atoms with van der Waals surface area (Å²) in [5.74, 6) is -0.866. The maximum Gasteiger partial charge on any atom is 0.416 e. The van der Waals surface area contributed by atoms with Crippen LogP contribution in [0.15, 0.2) is 60.7 Å². The Morgan fingerprint density at radius 1 is 0.841 bits per heavy atom. The summed E-state index contributed by atoms with van der Waals surface area (Å²) in [6.45, 7) is 3.91. The number of nitrogens with two attached hydrogens (primary N) is 1. The van der Waals surface area contributed by atoms with Crippen molar-refractivity contribution in [1.29, 1.82) is 0 Å². The zero-order chi connectivity index (χ0) is 30.1. The molecule has 6 nitrogen and oxygen atoms in total. The maximum absolute atomic E-state index is 13.7. The number of morpholine rings is 1. The molecule has 3 aromatic carbocycles. The molecule has 0 bridgehead atoms. The van der Waals surface area contributed by atoms with Gasteiger partial charge in [-0.25, -0.2) is 0 Å². The van der Waals surface area contributed by atoms with Crippen LogP contribution in [-0.4, -0.2) is 85.3 Å². The van der Waals surface area contributed by atoms with Crippen LogP contribution in [-0.2, 0) is 23.5 Å². The third kappa shape index (κ3) is 8.55. The summed E-state index contributed by atoms with van der Waals surface area (Å²) >= 11 is 0. The highest BCUT2D eigenvalue weighted by Gasteiger charge is 2.39. The first-order chi connectivity index (χ1) is 19.9. The molecule has 44 heavy (non-hydrogen) atoms. The van der Waals surface area contributed by atoms with Crippen LogP contribution in [0.1, 0.15) is 27.0 Å². The monoisotopic (exact) mass is 666 g/mol. The second-order valence-corrected chi connectivity index (χ2v) is 10.8. The number of halogens is 8. The molecule has 0 saturated carbocycles. The van der Waals surface area contributed by atoms with E-state index in [1.54, 1.807) is 0 Å². The molecular formula is C30H34Cl2F6N4O2. The summed E-state index contributed by atoms with van der Waals surface area (Å²) in [4.78, 5) is 19.3. The van der Waals surface area contributed by atoms with Gasteiger partial charge in [0.2, 0.25) is 0 Å². The third-order valence-corrected chi connectivity index (χ3v) is 7.91. The molecule has 2 aliphatic heterocycles. The van der Waals surface area contributed by atoms with E-state index in [0.29, 0.717) is 64.5 Å². The molecule has 242 valence electrons. The highest BCUT2D eigenvalue weighted by Crippen LogP contribution is 2.37. The Kier molecular flexibility index (Phi) is 11.9. The number of hydrogen-bond acceptors (Lipinski definition) is 5. The molecule has 2 atom stereocenters. The van der Waals surface area contributed by atoms with Crippen LogP contribution in [0.5, 0.6) is 0 Å². The van der Waals surface area contributed by atoms with Gasteiger partial charge in [0.15, 0.2) is 0 Å². The average molecular weight is 668 g/mol. The van der Waals surface area contributed by atoms with Crippen molar-refractivity contribution in [1.82, 2.24) is 14.7 Å². The fraction of sp³-hybridized carbons (Fsp3) is 0.433. The van der Waals surface area contributed by atoms with Crippen molar-refractivity contribution in [2.45, 2.75) is 31.0 Å². The van der Waals surface area contributed by atoms with E-state index in [4.69, 9.17) is 10.5 Å². The van der Waals surface area contributed by atoms with Crippen molar-refractivity contribution in [2.75, 3.05) is 52.5 Å². The van der Waals surface area contributed by atoms with E-state index in [1.165, 1.54) is 4.90 Å². The molecule has 0 aromatic heterocycles. The molecule has 0 aliphatic carbocycles. The normalized spacial score (nSPS) is 19.2. The van der Waals surface area contributed by atoms with Crippen LogP contribution in [0.4, 0.5) is 26.3 Å². The van der Waals surface area contributed by atoms with E-state index in [0.717, 1.165) is 16.3 Å². The van der Waals surface area contributed by atoms with Gasteiger partial charge in [0, 0.05) is 50.9 Å². The molecule has 0 spiro atoms. The Labute approximate surface area is 263 Å². The fourth-order valence-corrected chi connectivity index (χ4v) is 5.70. The number of ether oxygens (including phenoxy) is 1. The summed E-state index contributed by atoms with van der Waals surface area (Å²) < 4.78 is 86.6. The summed E-state index contributed by atoms with van der Waals surface area (Å²) in [5.41, 5.74) is 3.71. The second kappa shape index (κ2) is 14.7. The van der Waals surface area contributed by atoms with Crippen LogP contribution in [0.3, 0.4) is 0 Å². The number of carbonyl (C=O) groups is 1. The van der Waals surface area contributed by atoms with Gasteiger partial charge < -0.3 is 15.4 Å². The zero-order valence-electron chi connectivity index (χ0n) is 23.6. The zero-order valence-corrected chi connectivity index (χ0v) is 25.2. The van der Waals surface area contributed by atoms with E-state index < -0.39 is 41.0 Å². The van der Waals surface area contributed by atoms with Gasteiger partial charge in [-0.1, -0.05) is 42.5 Å². The molecule has 2 aliphatic rings. The lowest BCUT2D eigenvalue weighted by atomic mass is 9.97. The topological polar surface area (TPSA) is 62.0 Å². The van der Waals surface area contributed by atoms with Crippen LogP contribution < -0.4 is 5.73 Å². The van der Waals surface area contributed by atoms with Gasteiger partial charge in [0.1, 0.15) is 0 Å². The molecular weight excluding hydrogens is 633 g/mol. The minimum atomic E-state index is -5.05. The summed E-state index contributed by atoms with van der Waals surface area (Å²) in [6.07, 6.45) is -10.0. The van der Waals surface area contributed by atoms with Gasteiger partial charge in [-0.15, -0.1) is 24.8 Å². The largest absolute Gasteiger partial charge is 0.416 e. The molecule has 14 heteroatoms. The van der Waals surface area contributed by atoms with Gasteiger partial charge in [-0.05, 0) is 41.0 Å². The van der Waals surface area contributed by atoms with Crippen molar-refractivity contribution in [3.05, 3.63) is 82.9 Å². The number of carbonyl (C=O) groups excluding carboxylic acids is 1. The predicted molar refractivity (Wildman–Crippen MR) is 160 cm³/mol. The van der Waals surface area contributed by atoms with Gasteiger partial charge in [0.25, 0.3) is 5.91 Å². The number of alkyl halides is 6. The predicted octanol–water partition coefficient (Wildman–Crippen LogP) is 5.71. The Hall–Kier alpha value is -2.61. The first kappa shape index (κ1) is 35.9. The van der Waals surface area contributed by atoms with Gasteiger partial charge >= 0.3 is 12.4 Å². The first-order valence-electron chi connectivity index (χ1n) is 13.8. The molecule has 2 fully saturated rings. The summed E-state index contributed by atoms with van der Waals surface area (Å²) in [5, 5.41) is 2.02. The lowest BCUT2D eigenvalue weighted by Crippen LogP contribution is -2.60. The van der Waals surface area contributed by atoms with Crippen LogP contribution in [0.25, 0.3) is 10.8 Å². The lowest BCUT2D eigenvalue weighted by Gasteiger charge is -2.44. The Balaban J connectivity index is 0.00000264. The van der Waals surface area contributed by atoms with E-state index in [2.05, 4.69) is 9.80 Å². The minimum absolute atomic E-state index is 0. The third-order valence-electron chi connectivity index (χ3n) is 7.91. The Morgan fingerprint density at radius 2 is 1.45 bits per heavy atom. The molecule has 3 aromatic rings. The molecule has 2 N–H and O–H groups in total. The van der Waals surface area contributed by atoms with E-state index >= 15 is 0 Å². The average Bonchev–Trinajstić information content (AvgIpc) is 2.96. The number of amides is 1. The second-order valence-electron chi connectivity index (χ2n) is 10.8. The highest BCUT2D eigenvalue weighted by atomic mass is 35.5. The van der Waals surface area contributed by atoms with E-state index in [9.17, 15) is 31.1 Å². The van der Waals surface area contributed by atoms with Crippen molar-refractivity contribution in [3.63, 3.8) is 0 Å². The molecule has 1 unspecified atom stereocenters. The number of benzene rings is 3. The van der Waals surface area contributed by atoms with Crippen LogP contribution >= 0.6 is 24.8 Å². The standard InChI is InChI=1S/C30H32F6N4O2.2ClH/c31-29(32,33)24-15-23(16-25(17-24)30(34,35)36)28(41)40-8-7-38(19-27(37)39-9-11-42-12-10-39)18-26(40)14-20-5-6-21-3-1-2-4-22(21)13-20;;/h1-6,13,15-17,26-27H,7-12,14,18-19,37H2;2*1H/t26-,27?;;/m1../s1. The quantitative estimate of drug-likeness (QED) is 0.342. The van der Waals surface area contributed by atoms with Crippen molar-refractivity contribution in [2.24, 2.45) is 5.73 Å². The number of piperazine rings is 1. The Morgan fingerprint density at radius 3 is 2.07 bits per heavy atom. The molecule has 2 heterocycles. The van der Waals surface area contributed by atoms with Crippen molar-refractivity contribution in [3.8, 4) is 0 Å². The molecule has 2 saturated heterocycles. The molecule has 0 radical (unpaired) electrons. The highest BCUT2D eigenvalue weighted by molar-refractivity contribution is 5.95. The lowest BCUT2D eigenvalue weighted by molar-refractivity contribution is -0.143. The number of rotatable bonds is 6. The maximum atomic E-state index is 13.7. The van der Waals surface area contributed by atoms with Crippen LogP contribution in [0, 0.1) is 0 Å². The number of hydrogen-bond donors (Lipinski definition) is 1.